The Morgan fingerprint density at radius 3 is 2.76 bits per heavy atom. The predicted octanol–water partition coefficient (Wildman–Crippen LogP) is 2.10. The quantitative estimate of drug-likeness (QED) is 0.503. The number of anilines is 1. The number of nitrogens with one attached hydrogen (secondary N) is 1. The van der Waals surface area contributed by atoms with Gasteiger partial charge in [0.2, 0.25) is 0 Å². The van der Waals surface area contributed by atoms with Gasteiger partial charge in [0.25, 0.3) is 11.6 Å². The van der Waals surface area contributed by atoms with E-state index >= 15 is 0 Å². The first kappa shape index (κ1) is 18.5. The summed E-state index contributed by atoms with van der Waals surface area (Å²) in [5.41, 5.74) is 1.15. The normalized spacial score (nSPS) is 13.4. The van der Waals surface area contributed by atoms with Crippen LogP contribution in [-0.2, 0) is 6.54 Å². The molecule has 1 fully saturated rings. The molecule has 1 saturated heterocycles. The minimum absolute atomic E-state index is 0.203. The molecule has 10 heteroatoms. The molecule has 4 rings (SSSR count). The Bertz CT molecular complexity index is 1030. The molecule has 148 valence electrons. The molecule has 1 aliphatic rings. The molecule has 2 aromatic heterocycles. The maximum Gasteiger partial charge on any atom is 0.295 e. The van der Waals surface area contributed by atoms with Crippen LogP contribution in [0.2, 0.25) is 0 Å². The maximum absolute atomic E-state index is 12.5. The highest BCUT2D eigenvalue weighted by Crippen LogP contribution is 2.24. The van der Waals surface area contributed by atoms with Crippen LogP contribution in [0, 0.1) is 10.1 Å². The second kappa shape index (κ2) is 8.05. The van der Waals surface area contributed by atoms with Crippen LogP contribution in [0.3, 0.4) is 0 Å². The van der Waals surface area contributed by atoms with Crippen LogP contribution >= 0.6 is 0 Å². The number of amides is 1. The summed E-state index contributed by atoms with van der Waals surface area (Å²) in [6, 6.07) is 8.06. The average Bonchev–Trinajstić information content (AvgIpc) is 3.46. The molecule has 3 heterocycles. The second-order valence-corrected chi connectivity index (χ2v) is 6.70. The van der Waals surface area contributed by atoms with Crippen molar-refractivity contribution in [2.24, 2.45) is 0 Å². The summed E-state index contributed by atoms with van der Waals surface area (Å²) in [7, 11) is 0. The lowest BCUT2D eigenvalue weighted by molar-refractivity contribution is -0.384. The number of rotatable bonds is 6. The van der Waals surface area contributed by atoms with Crippen LogP contribution in [0.15, 0.2) is 49.2 Å². The number of nitro groups is 1. The van der Waals surface area contributed by atoms with Gasteiger partial charge in [-0.15, -0.1) is 0 Å². The van der Waals surface area contributed by atoms with E-state index in [9.17, 15) is 14.9 Å². The fourth-order valence-electron chi connectivity index (χ4n) is 3.31. The van der Waals surface area contributed by atoms with Crippen LogP contribution in [0.5, 0.6) is 0 Å². The van der Waals surface area contributed by atoms with Gasteiger partial charge in [0.15, 0.2) is 0 Å². The van der Waals surface area contributed by atoms with Crippen molar-refractivity contribution >= 4 is 17.4 Å². The number of hydrogen-bond acceptors (Lipinski definition) is 7. The van der Waals surface area contributed by atoms with Crippen LogP contribution in [0.25, 0.3) is 5.69 Å². The van der Waals surface area contributed by atoms with Crippen LogP contribution < -0.4 is 10.2 Å². The number of aromatic nitrogens is 4. The Hall–Kier alpha value is -3.82. The molecular formula is C19H19N7O3. The molecule has 29 heavy (non-hydrogen) atoms. The van der Waals surface area contributed by atoms with Gasteiger partial charge in [-0.1, -0.05) is 0 Å². The second-order valence-electron chi connectivity index (χ2n) is 6.70. The Kier molecular flexibility index (Phi) is 5.14. The molecule has 0 radical (unpaired) electrons. The number of nitro benzene ring substituents is 1. The molecule has 0 bridgehead atoms. The standard InChI is InChI=1S/C19H19N7O3/c27-19(22-11-14-5-6-21-18(9-14)24-7-1-2-8-24)15-3-4-16(17(10-15)26(28)29)25-13-20-12-23-25/h3-6,9-10,12-13H,1-2,7-8,11H2,(H,22,27). The monoisotopic (exact) mass is 393 g/mol. The number of nitrogens with zero attached hydrogens (tertiary/aromatic N) is 6. The minimum atomic E-state index is -0.543. The highest BCUT2D eigenvalue weighted by atomic mass is 16.6. The molecule has 1 amide bonds. The SMILES string of the molecule is O=C(NCc1ccnc(N2CCCC2)c1)c1ccc(-n2cncn2)c([N+](=O)[O-])c1. The first-order chi connectivity index (χ1) is 14.1. The summed E-state index contributed by atoms with van der Waals surface area (Å²) in [6.07, 6.45) is 6.70. The first-order valence-corrected chi connectivity index (χ1v) is 9.23. The minimum Gasteiger partial charge on any atom is -0.357 e. The maximum atomic E-state index is 12.5. The summed E-state index contributed by atoms with van der Waals surface area (Å²) in [4.78, 5) is 33.8. The summed E-state index contributed by atoms with van der Waals surface area (Å²) >= 11 is 0. The Balaban J connectivity index is 1.48. The van der Waals surface area contributed by atoms with Gasteiger partial charge in [-0.25, -0.2) is 14.6 Å². The summed E-state index contributed by atoms with van der Waals surface area (Å²) in [6.45, 7) is 2.29. The number of carbonyl (C=O) groups excluding carboxylic acids is 1. The van der Waals surface area contributed by atoms with E-state index in [1.54, 1.807) is 6.20 Å². The third-order valence-corrected chi connectivity index (χ3v) is 4.79. The average molecular weight is 393 g/mol. The van der Waals surface area contributed by atoms with Crippen molar-refractivity contribution in [3.05, 3.63) is 70.4 Å². The zero-order valence-electron chi connectivity index (χ0n) is 15.6. The molecule has 3 aromatic rings. The Labute approximate surface area is 166 Å². The number of benzene rings is 1. The van der Waals surface area contributed by atoms with Crippen LogP contribution in [0.4, 0.5) is 11.5 Å². The van der Waals surface area contributed by atoms with Crippen molar-refractivity contribution in [2.45, 2.75) is 19.4 Å². The van der Waals surface area contributed by atoms with Crippen molar-refractivity contribution in [1.82, 2.24) is 25.1 Å². The lowest BCUT2D eigenvalue weighted by atomic mass is 10.1. The van der Waals surface area contributed by atoms with Crippen LogP contribution in [-0.4, -0.2) is 43.7 Å². The molecule has 0 unspecified atom stereocenters. The van der Waals surface area contributed by atoms with Crippen molar-refractivity contribution in [3.8, 4) is 5.69 Å². The fraction of sp³-hybridized carbons (Fsp3) is 0.263. The van der Waals surface area contributed by atoms with Gasteiger partial charge in [-0.3, -0.25) is 14.9 Å². The third kappa shape index (κ3) is 4.05. The van der Waals surface area contributed by atoms with E-state index in [0.29, 0.717) is 6.54 Å². The highest BCUT2D eigenvalue weighted by Gasteiger charge is 2.19. The summed E-state index contributed by atoms with van der Waals surface area (Å²) in [5.74, 6) is 0.514. The van der Waals surface area contributed by atoms with E-state index in [0.717, 1.165) is 37.3 Å². The molecule has 1 N–H and O–H groups in total. The van der Waals surface area contributed by atoms with Gasteiger partial charge < -0.3 is 10.2 Å². The van der Waals surface area contributed by atoms with Crippen molar-refractivity contribution < 1.29 is 9.72 Å². The Morgan fingerprint density at radius 2 is 2.03 bits per heavy atom. The van der Waals surface area contributed by atoms with Crippen molar-refractivity contribution in [1.29, 1.82) is 0 Å². The van der Waals surface area contributed by atoms with Crippen molar-refractivity contribution in [2.75, 3.05) is 18.0 Å². The number of hydrogen-bond donors (Lipinski definition) is 1. The molecule has 0 atom stereocenters. The smallest absolute Gasteiger partial charge is 0.295 e. The molecule has 0 aliphatic carbocycles. The van der Waals surface area contributed by atoms with Gasteiger partial charge in [-0.2, -0.15) is 5.10 Å². The zero-order chi connectivity index (χ0) is 20.2. The van der Waals surface area contributed by atoms with Gasteiger partial charge >= 0.3 is 0 Å². The highest BCUT2D eigenvalue weighted by molar-refractivity contribution is 5.95. The van der Waals surface area contributed by atoms with Crippen molar-refractivity contribution in [3.63, 3.8) is 0 Å². The molecular weight excluding hydrogens is 374 g/mol. The summed E-state index contributed by atoms with van der Waals surface area (Å²) < 4.78 is 1.29. The largest absolute Gasteiger partial charge is 0.357 e. The van der Waals surface area contributed by atoms with E-state index in [2.05, 4.69) is 25.3 Å². The molecule has 1 aromatic carbocycles. The van der Waals surface area contributed by atoms with Gasteiger partial charge in [0, 0.05) is 37.5 Å². The molecule has 0 spiro atoms. The molecule has 0 saturated carbocycles. The van der Waals surface area contributed by atoms with Gasteiger partial charge in [-0.05, 0) is 42.7 Å². The van der Waals surface area contributed by atoms with E-state index in [1.807, 2.05) is 12.1 Å². The summed E-state index contributed by atoms with van der Waals surface area (Å²) in [5, 5.41) is 18.2. The van der Waals surface area contributed by atoms with Gasteiger partial charge in [0.1, 0.15) is 24.2 Å². The predicted molar refractivity (Wildman–Crippen MR) is 105 cm³/mol. The van der Waals surface area contributed by atoms with E-state index in [-0.39, 0.29) is 16.9 Å². The van der Waals surface area contributed by atoms with Crippen LogP contribution in [0.1, 0.15) is 28.8 Å². The van der Waals surface area contributed by atoms with E-state index in [4.69, 9.17) is 0 Å². The third-order valence-electron chi connectivity index (χ3n) is 4.79. The lowest BCUT2D eigenvalue weighted by Gasteiger charge is -2.17. The van der Waals surface area contributed by atoms with E-state index in [1.165, 1.54) is 35.5 Å². The lowest BCUT2D eigenvalue weighted by Crippen LogP contribution is -2.24. The molecule has 1 aliphatic heterocycles. The first-order valence-electron chi connectivity index (χ1n) is 9.23. The number of carbonyl (C=O) groups is 1. The topological polar surface area (TPSA) is 119 Å². The van der Waals surface area contributed by atoms with Gasteiger partial charge in [0.05, 0.1) is 4.92 Å². The Morgan fingerprint density at radius 1 is 1.21 bits per heavy atom. The molecule has 10 nitrogen and oxygen atoms in total. The van der Waals surface area contributed by atoms with E-state index < -0.39 is 10.8 Å². The zero-order valence-corrected chi connectivity index (χ0v) is 15.6. The fourth-order valence-corrected chi connectivity index (χ4v) is 3.31. The number of pyridine rings is 1.